The minimum absolute atomic E-state index is 0.519. The van der Waals surface area contributed by atoms with Gasteiger partial charge in [-0.15, -0.1) is 10.2 Å². The predicted molar refractivity (Wildman–Crippen MR) is 130 cm³/mol. The van der Waals surface area contributed by atoms with E-state index in [1.54, 1.807) is 0 Å². The van der Waals surface area contributed by atoms with Gasteiger partial charge >= 0.3 is 0 Å². The molecule has 34 heavy (non-hydrogen) atoms. The molecule has 1 aromatic carbocycles. The summed E-state index contributed by atoms with van der Waals surface area (Å²) in [6.45, 7) is 0.904. The maximum absolute atomic E-state index is 4.71. The normalized spacial score (nSPS) is 24.1. The van der Waals surface area contributed by atoms with E-state index in [-0.39, 0.29) is 0 Å². The lowest BCUT2D eigenvalue weighted by Crippen LogP contribution is -2.47. The van der Waals surface area contributed by atoms with Crippen LogP contribution in [0.2, 0.25) is 0 Å². The molecular weight excluding hydrogens is 426 g/mol. The quantitative estimate of drug-likeness (QED) is 0.459. The lowest BCUT2D eigenvalue weighted by atomic mass is 9.98. The van der Waals surface area contributed by atoms with Crippen molar-refractivity contribution in [2.45, 2.75) is 63.2 Å². The molecule has 3 atom stereocenters. The van der Waals surface area contributed by atoms with Crippen molar-refractivity contribution in [1.29, 1.82) is 0 Å². The van der Waals surface area contributed by atoms with E-state index >= 15 is 0 Å². The van der Waals surface area contributed by atoms with Crippen molar-refractivity contribution >= 4 is 16.7 Å². The monoisotopic (exact) mass is 455 g/mol. The molecule has 2 aliphatic heterocycles. The number of hydrogen-bond acceptors (Lipinski definition) is 7. The zero-order valence-electron chi connectivity index (χ0n) is 19.4. The van der Waals surface area contributed by atoms with Crippen LogP contribution in [0.1, 0.15) is 38.5 Å². The van der Waals surface area contributed by atoms with E-state index < -0.39 is 0 Å². The Hall–Kier alpha value is -3.33. The van der Waals surface area contributed by atoms with Crippen LogP contribution in [-0.2, 0) is 6.54 Å². The first-order valence-electron chi connectivity index (χ1n) is 12.4. The second-order valence-electron chi connectivity index (χ2n) is 10.2. The van der Waals surface area contributed by atoms with Gasteiger partial charge in [0, 0.05) is 41.7 Å². The van der Waals surface area contributed by atoms with Crippen LogP contribution in [-0.4, -0.2) is 60.6 Å². The summed E-state index contributed by atoms with van der Waals surface area (Å²) in [7, 11) is 2.15. The molecule has 3 aliphatic rings. The van der Waals surface area contributed by atoms with Gasteiger partial charge in [0.1, 0.15) is 5.69 Å². The van der Waals surface area contributed by atoms with Crippen molar-refractivity contribution in [3.8, 4) is 22.5 Å². The standard InChI is InChI=1S/C25H29N9/c1-33(18-10-16-4-5-17(11-18)28-16)24-9-8-22(29-30-24)20-7-6-19(21-12-26-31-25(20)21)23-13-27-34(32-23)14-15-2-3-15/h6-9,12-13,15-18,28H,2-5,10-11,14H2,1H3,(H,26,31)/t16-,17+,18?. The fourth-order valence-corrected chi connectivity index (χ4v) is 5.70. The number of anilines is 1. The summed E-state index contributed by atoms with van der Waals surface area (Å²) in [5, 5.41) is 30.6. The van der Waals surface area contributed by atoms with Crippen LogP contribution in [0.15, 0.2) is 36.7 Å². The van der Waals surface area contributed by atoms with E-state index in [2.05, 4.69) is 67.0 Å². The fraction of sp³-hybridized carbons (Fsp3) is 0.480. The molecule has 3 fully saturated rings. The maximum Gasteiger partial charge on any atom is 0.151 e. The van der Waals surface area contributed by atoms with E-state index in [9.17, 15) is 0 Å². The molecule has 0 spiro atoms. The molecule has 1 unspecified atom stereocenters. The Kier molecular flexibility index (Phi) is 4.65. The SMILES string of the molecule is CN(c1ccc(-c2ccc(-c3cnn(CC4CC4)n3)c3cn[nH]c23)nn1)C1C[C@H]2CC[C@@H](C1)N2. The topological polar surface area (TPSA) is 100 Å². The molecule has 0 amide bonds. The van der Waals surface area contributed by atoms with E-state index in [1.165, 1.54) is 38.5 Å². The first-order valence-corrected chi connectivity index (χ1v) is 12.4. The molecular formula is C25H29N9. The summed E-state index contributed by atoms with van der Waals surface area (Å²) < 4.78 is 0. The molecule has 9 heteroatoms. The van der Waals surface area contributed by atoms with Crippen molar-refractivity contribution in [3.05, 3.63) is 36.7 Å². The molecule has 5 heterocycles. The number of rotatable bonds is 6. The first-order chi connectivity index (χ1) is 16.7. The Morgan fingerprint density at radius 2 is 1.76 bits per heavy atom. The van der Waals surface area contributed by atoms with Gasteiger partial charge in [-0.3, -0.25) is 5.10 Å². The third-order valence-corrected chi connectivity index (χ3v) is 7.83. The Labute approximate surface area is 197 Å². The number of piperidine rings is 1. The van der Waals surface area contributed by atoms with Gasteiger partial charge in [-0.25, -0.2) is 0 Å². The molecule has 4 aromatic rings. The Balaban J connectivity index is 1.15. The van der Waals surface area contributed by atoms with Gasteiger partial charge in [0.15, 0.2) is 5.82 Å². The third-order valence-electron chi connectivity index (χ3n) is 7.83. The molecule has 2 N–H and O–H groups in total. The van der Waals surface area contributed by atoms with Crippen LogP contribution in [0, 0.1) is 5.92 Å². The highest BCUT2D eigenvalue weighted by molar-refractivity contribution is 6.01. The second-order valence-corrected chi connectivity index (χ2v) is 10.2. The van der Waals surface area contributed by atoms with Crippen molar-refractivity contribution < 1.29 is 0 Å². The first kappa shape index (κ1) is 20.1. The van der Waals surface area contributed by atoms with Gasteiger partial charge in [-0.2, -0.15) is 20.1 Å². The second kappa shape index (κ2) is 7.87. The zero-order valence-corrected chi connectivity index (χ0v) is 19.4. The molecule has 1 saturated carbocycles. The van der Waals surface area contributed by atoms with Crippen molar-refractivity contribution in [2.24, 2.45) is 5.92 Å². The van der Waals surface area contributed by atoms with Gasteiger partial charge in [-0.05, 0) is 62.6 Å². The van der Waals surface area contributed by atoms with Crippen molar-refractivity contribution in [1.82, 2.24) is 40.7 Å². The highest BCUT2D eigenvalue weighted by Gasteiger charge is 2.35. The lowest BCUT2D eigenvalue weighted by Gasteiger charge is -2.36. The van der Waals surface area contributed by atoms with Gasteiger partial charge < -0.3 is 10.2 Å². The van der Waals surface area contributed by atoms with Gasteiger partial charge in [0.05, 0.1) is 30.1 Å². The van der Waals surface area contributed by atoms with E-state index in [0.717, 1.165) is 51.7 Å². The molecule has 174 valence electrons. The smallest absolute Gasteiger partial charge is 0.151 e. The van der Waals surface area contributed by atoms with E-state index in [1.807, 2.05) is 17.2 Å². The van der Waals surface area contributed by atoms with Crippen LogP contribution in [0.5, 0.6) is 0 Å². The number of H-pyrrole nitrogens is 1. The molecule has 2 bridgehead atoms. The van der Waals surface area contributed by atoms with Gasteiger partial charge in [0.25, 0.3) is 0 Å². The Bertz CT molecular complexity index is 1310. The average molecular weight is 456 g/mol. The van der Waals surface area contributed by atoms with Gasteiger partial charge in [-0.1, -0.05) is 6.07 Å². The number of nitrogens with one attached hydrogen (secondary N) is 2. The van der Waals surface area contributed by atoms with Crippen LogP contribution in [0.3, 0.4) is 0 Å². The number of nitrogens with zero attached hydrogens (tertiary/aromatic N) is 7. The van der Waals surface area contributed by atoms with Crippen molar-refractivity contribution in [3.63, 3.8) is 0 Å². The summed E-state index contributed by atoms with van der Waals surface area (Å²) >= 11 is 0. The highest BCUT2D eigenvalue weighted by Crippen LogP contribution is 2.35. The number of benzene rings is 1. The summed E-state index contributed by atoms with van der Waals surface area (Å²) in [6, 6.07) is 10.1. The average Bonchev–Trinajstić information content (AvgIpc) is 3.21. The Morgan fingerprint density at radius 3 is 2.53 bits per heavy atom. The van der Waals surface area contributed by atoms with Crippen molar-refractivity contribution in [2.75, 3.05) is 11.9 Å². The predicted octanol–water partition coefficient (Wildman–Crippen LogP) is 3.41. The van der Waals surface area contributed by atoms with Crippen LogP contribution in [0.25, 0.3) is 33.4 Å². The highest BCUT2D eigenvalue weighted by atomic mass is 15.5. The number of fused-ring (bicyclic) bond motifs is 3. The summed E-state index contributed by atoms with van der Waals surface area (Å²) in [4.78, 5) is 4.13. The number of hydrogen-bond donors (Lipinski definition) is 2. The Morgan fingerprint density at radius 1 is 0.941 bits per heavy atom. The molecule has 3 aromatic heterocycles. The largest absolute Gasteiger partial charge is 0.355 e. The molecule has 0 radical (unpaired) electrons. The summed E-state index contributed by atoms with van der Waals surface area (Å²) in [5.74, 6) is 1.67. The van der Waals surface area contributed by atoms with E-state index in [0.29, 0.717) is 18.1 Å². The minimum atomic E-state index is 0.519. The summed E-state index contributed by atoms with van der Waals surface area (Å²) in [6.07, 6.45) is 11.2. The molecule has 2 saturated heterocycles. The molecule has 9 nitrogen and oxygen atoms in total. The van der Waals surface area contributed by atoms with Gasteiger partial charge in [0.2, 0.25) is 0 Å². The fourth-order valence-electron chi connectivity index (χ4n) is 5.70. The van der Waals surface area contributed by atoms with Crippen LogP contribution < -0.4 is 10.2 Å². The van der Waals surface area contributed by atoms with Crippen LogP contribution >= 0.6 is 0 Å². The zero-order chi connectivity index (χ0) is 22.6. The maximum atomic E-state index is 4.71. The molecule has 7 rings (SSSR count). The third kappa shape index (κ3) is 3.55. The minimum Gasteiger partial charge on any atom is -0.355 e. The number of aromatic nitrogens is 7. The number of aromatic amines is 1. The molecule has 1 aliphatic carbocycles. The lowest BCUT2D eigenvalue weighted by molar-refractivity contribution is 0.353. The summed E-state index contributed by atoms with van der Waals surface area (Å²) in [5.41, 5.74) is 4.67. The van der Waals surface area contributed by atoms with E-state index in [4.69, 9.17) is 5.10 Å². The van der Waals surface area contributed by atoms with Crippen LogP contribution in [0.4, 0.5) is 5.82 Å².